The fraction of sp³-hybridized carbons (Fsp3) is 0.263. The lowest BCUT2D eigenvalue weighted by molar-refractivity contribution is -0.152. The van der Waals surface area contributed by atoms with Crippen molar-refractivity contribution in [2.24, 2.45) is 0 Å². The van der Waals surface area contributed by atoms with Crippen molar-refractivity contribution in [3.8, 4) is 11.5 Å². The van der Waals surface area contributed by atoms with Crippen LogP contribution in [-0.4, -0.2) is 31.2 Å². The molecule has 0 aliphatic carbocycles. The van der Waals surface area contributed by atoms with Gasteiger partial charge in [-0.05, 0) is 24.6 Å². The molecule has 0 spiro atoms. The average molecular weight is 341 g/mol. The molecule has 1 atom stereocenters. The van der Waals surface area contributed by atoms with E-state index in [-0.39, 0.29) is 6.42 Å². The lowest BCUT2D eigenvalue weighted by Gasteiger charge is -2.19. The van der Waals surface area contributed by atoms with Crippen molar-refractivity contribution in [3.05, 3.63) is 54.1 Å². The zero-order valence-corrected chi connectivity index (χ0v) is 13.9. The van der Waals surface area contributed by atoms with Gasteiger partial charge < -0.3 is 19.5 Å². The number of carbonyl (C=O) groups is 2. The highest BCUT2D eigenvalue weighted by Gasteiger charge is 2.19. The summed E-state index contributed by atoms with van der Waals surface area (Å²) in [5.41, 5.74) is 1.40. The summed E-state index contributed by atoms with van der Waals surface area (Å²) >= 11 is 0. The van der Waals surface area contributed by atoms with E-state index < -0.39 is 18.0 Å². The monoisotopic (exact) mass is 341 g/mol. The summed E-state index contributed by atoms with van der Waals surface area (Å²) in [5, 5.41) is 2.71. The second-order valence-electron chi connectivity index (χ2n) is 5.64. The van der Waals surface area contributed by atoms with Crippen molar-refractivity contribution < 1.29 is 23.8 Å². The van der Waals surface area contributed by atoms with Crippen LogP contribution in [0.5, 0.6) is 11.5 Å². The van der Waals surface area contributed by atoms with Crippen LogP contribution in [0.2, 0.25) is 0 Å². The fourth-order valence-electron chi connectivity index (χ4n) is 2.42. The van der Waals surface area contributed by atoms with Crippen LogP contribution in [0, 0.1) is 0 Å². The van der Waals surface area contributed by atoms with Gasteiger partial charge in [-0.2, -0.15) is 0 Å². The molecule has 0 aromatic heterocycles. The third kappa shape index (κ3) is 4.50. The van der Waals surface area contributed by atoms with Gasteiger partial charge >= 0.3 is 5.97 Å². The highest BCUT2D eigenvalue weighted by molar-refractivity contribution is 5.95. The van der Waals surface area contributed by atoms with Gasteiger partial charge in [0.2, 0.25) is 0 Å². The van der Waals surface area contributed by atoms with E-state index in [1.807, 2.05) is 30.3 Å². The number of hydrogen-bond acceptors (Lipinski definition) is 5. The van der Waals surface area contributed by atoms with E-state index >= 15 is 0 Å². The van der Waals surface area contributed by atoms with Crippen LogP contribution in [0.4, 0.5) is 5.69 Å². The van der Waals surface area contributed by atoms with Crippen LogP contribution >= 0.6 is 0 Å². The predicted octanol–water partition coefficient (Wildman–Crippen LogP) is 2.57. The quantitative estimate of drug-likeness (QED) is 0.846. The zero-order valence-electron chi connectivity index (χ0n) is 13.9. The maximum absolute atomic E-state index is 12.2. The Bertz CT molecular complexity index is 760. The van der Waals surface area contributed by atoms with Crippen LogP contribution in [0.3, 0.4) is 0 Å². The van der Waals surface area contributed by atoms with E-state index in [0.717, 1.165) is 5.56 Å². The van der Waals surface area contributed by atoms with Crippen molar-refractivity contribution in [3.63, 3.8) is 0 Å². The molecule has 0 saturated carbocycles. The van der Waals surface area contributed by atoms with Crippen molar-refractivity contribution in [1.29, 1.82) is 0 Å². The summed E-state index contributed by atoms with van der Waals surface area (Å²) in [4.78, 5) is 24.1. The molecule has 25 heavy (non-hydrogen) atoms. The first kappa shape index (κ1) is 16.8. The predicted molar refractivity (Wildman–Crippen MR) is 91.8 cm³/mol. The Morgan fingerprint density at radius 3 is 2.56 bits per heavy atom. The molecular weight excluding hydrogens is 322 g/mol. The van der Waals surface area contributed by atoms with Crippen LogP contribution in [0.25, 0.3) is 0 Å². The maximum atomic E-state index is 12.2. The molecule has 6 nitrogen and oxygen atoms in total. The standard InChI is InChI=1S/C19H19NO5/c1-13(25-18(21)11-14-5-3-2-4-6-14)19(22)20-15-7-8-16-17(12-15)24-10-9-23-16/h2-8,12-13H,9-11H2,1H3,(H,20,22)/t13-/m1/s1. The Hall–Kier alpha value is -3.02. The Kier molecular flexibility index (Phi) is 5.18. The molecule has 2 aromatic rings. The number of carbonyl (C=O) groups excluding carboxylic acids is 2. The Labute approximate surface area is 145 Å². The number of amides is 1. The smallest absolute Gasteiger partial charge is 0.311 e. The first-order valence-electron chi connectivity index (χ1n) is 8.06. The molecule has 130 valence electrons. The minimum absolute atomic E-state index is 0.127. The highest BCUT2D eigenvalue weighted by atomic mass is 16.6. The number of anilines is 1. The number of esters is 1. The van der Waals surface area contributed by atoms with Crippen LogP contribution < -0.4 is 14.8 Å². The summed E-state index contributed by atoms with van der Waals surface area (Å²) in [7, 11) is 0. The van der Waals surface area contributed by atoms with Gasteiger partial charge in [0.1, 0.15) is 13.2 Å². The second-order valence-corrected chi connectivity index (χ2v) is 5.64. The zero-order chi connectivity index (χ0) is 17.6. The van der Waals surface area contributed by atoms with E-state index in [1.54, 1.807) is 18.2 Å². The SMILES string of the molecule is C[C@@H](OC(=O)Cc1ccccc1)C(=O)Nc1ccc2c(c1)OCCO2. The number of benzene rings is 2. The molecule has 0 unspecified atom stereocenters. The fourth-order valence-corrected chi connectivity index (χ4v) is 2.42. The van der Waals surface area contributed by atoms with Gasteiger partial charge in [-0.3, -0.25) is 9.59 Å². The highest BCUT2D eigenvalue weighted by Crippen LogP contribution is 2.32. The minimum Gasteiger partial charge on any atom is -0.486 e. The van der Waals surface area contributed by atoms with Crippen LogP contribution in [0.15, 0.2) is 48.5 Å². The summed E-state index contributed by atoms with van der Waals surface area (Å²) < 4.78 is 16.1. The Balaban J connectivity index is 1.54. The second kappa shape index (κ2) is 7.70. The van der Waals surface area contributed by atoms with E-state index in [1.165, 1.54) is 6.92 Å². The molecule has 1 N–H and O–H groups in total. The molecule has 2 aromatic carbocycles. The Morgan fingerprint density at radius 2 is 1.80 bits per heavy atom. The summed E-state index contributed by atoms with van der Waals surface area (Å²) in [5.74, 6) is 0.374. The minimum atomic E-state index is -0.899. The Morgan fingerprint density at radius 1 is 1.08 bits per heavy atom. The molecule has 6 heteroatoms. The van der Waals surface area contributed by atoms with Gasteiger partial charge in [0.05, 0.1) is 6.42 Å². The summed E-state index contributed by atoms with van der Waals surface area (Å²) in [6, 6.07) is 14.4. The van der Waals surface area contributed by atoms with Gasteiger partial charge in [0.25, 0.3) is 5.91 Å². The molecule has 3 rings (SSSR count). The molecule has 1 amide bonds. The van der Waals surface area contributed by atoms with E-state index in [0.29, 0.717) is 30.4 Å². The van der Waals surface area contributed by atoms with Gasteiger partial charge in [0.15, 0.2) is 17.6 Å². The van der Waals surface area contributed by atoms with Crippen molar-refractivity contribution in [2.45, 2.75) is 19.4 Å². The van der Waals surface area contributed by atoms with Crippen molar-refractivity contribution >= 4 is 17.6 Å². The molecule has 0 radical (unpaired) electrons. The lowest BCUT2D eigenvalue weighted by Crippen LogP contribution is -2.30. The van der Waals surface area contributed by atoms with E-state index in [9.17, 15) is 9.59 Å². The molecular formula is C19H19NO5. The number of nitrogens with one attached hydrogen (secondary N) is 1. The van der Waals surface area contributed by atoms with Crippen molar-refractivity contribution in [2.75, 3.05) is 18.5 Å². The lowest BCUT2D eigenvalue weighted by atomic mass is 10.1. The first-order valence-corrected chi connectivity index (χ1v) is 8.06. The topological polar surface area (TPSA) is 73.9 Å². The van der Waals surface area contributed by atoms with Crippen molar-refractivity contribution in [1.82, 2.24) is 0 Å². The summed E-state index contributed by atoms with van der Waals surface area (Å²) in [6.45, 7) is 2.52. The van der Waals surface area contributed by atoms with E-state index in [4.69, 9.17) is 14.2 Å². The third-order valence-corrected chi connectivity index (χ3v) is 3.68. The van der Waals surface area contributed by atoms with Gasteiger partial charge in [-0.15, -0.1) is 0 Å². The van der Waals surface area contributed by atoms with Crippen LogP contribution in [0.1, 0.15) is 12.5 Å². The number of hydrogen-bond donors (Lipinski definition) is 1. The molecule has 1 aliphatic rings. The average Bonchev–Trinajstić information content (AvgIpc) is 2.62. The molecule has 0 saturated heterocycles. The van der Waals surface area contributed by atoms with E-state index in [2.05, 4.69) is 5.32 Å². The number of fused-ring (bicyclic) bond motifs is 1. The largest absolute Gasteiger partial charge is 0.486 e. The molecule has 1 heterocycles. The van der Waals surface area contributed by atoms with Gasteiger partial charge in [-0.25, -0.2) is 0 Å². The molecule has 0 fully saturated rings. The normalized spacial score (nSPS) is 13.6. The number of ether oxygens (including phenoxy) is 3. The molecule has 1 aliphatic heterocycles. The van der Waals surface area contributed by atoms with Gasteiger partial charge in [-0.1, -0.05) is 30.3 Å². The summed E-state index contributed by atoms with van der Waals surface area (Å²) in [6.07, 6.45) is -0.771. The third-order valence-electron chi connectivity index (χ3n) is 3.68. The van der Waals surface area contributed by atoms with Crippen LogP contribution in [-0.2, 0) is 20.7 Å². The maximum Gasteiger partial charge on any atom is 0.311 e. The first-order chi connectivity index (χ1) is 12.1. The van der Waals surface area contributed by atoms with Gasteiger partial charge in [0, 0.05) is 11.8 Å². The number of rotatable bonds is 5. The molecule has 0 bridgehead atoms.